The van der Waals surface area contributed by atoms with E-state index in [1.165, 1.54) is 12.1 Å². The molecule has 0 fully saturated rings. The van der Waals surface area contributed by atoms with Crippen LogP contribution in [0.15, 0.2) is 72.8 Å². The molecule has 0 spiro atoms. The fourth-order valence-corrected chi connectivity index (χ4v) is 2.75. The zero-order valence-electron chi connectivity index (χ0n) is 15.7. The van der Waals surface area contributed by atoms with Crippen molar-refractivity contribution in [2.75, 3.05) is 12.4 Å². The normalized spacial score (nSPS) is 10.7. The first-order valence-electron chi connectivity index (χ1n) is 8.84. The number of anilines is 1. The highest BCUT2D eigenvalue weighted by molar-refractivity contribution is 6.31. The number of methoxy groups -OCH3 is 1. The molecule has 0 saturated heterocycles. The monoisotopic (exact) mass is 411 g/mol. The van der Waals surface area contributed by atoms with Gasteiger partial charge in [0.25, 0.3) is 0 Å². The van der Waals surface area contributed by atoms with Crippen LogP contribution in [0.4, 0.5) is 10.1 Å². The van der Waals surface area contributed by atoms with Crippen molar-refractivity contribution in [3.8, 4) is 11.5 Å². The van der Waals surface area contributed by atoms with E-state index in [0.717, 1.165) is 11.3 Å². The molecule has 0 aliphatic heterocycles. The van der Waals surface area contributed by atoms with Gasteiger partial charge in [-0.15, -0.1) is 0 Å². The van der Waals surface area contributed by atoms with Gasteiger partial charge in [0.05, 0.1) is 12.1 Å². The van der Waals surface area contributed by atoms with Gasteiger partial charge in [-0.25, -0.2) is 4.39 Å². The maximum atomic E-state index is 13.8. The van der Waals surface area contributed by atoms with Crippen LogP contribution in [0.3, 0.4) is 0 Å². The topological polar surface area (TPSA) is 47.6 Å². The molecule has 4 nitrogen and oxygen atoms in total. The van der Waals surface area contributed by atoms with E-state index in [1.54, 1.807) is 73.8 Å². The summed E-state index contributed by atoms with van der Waals surface area (Å²) in [5.41, 5.74) is 1.82. The van der Waals surface area contributed by atoms with E-state index in [1.807, 2.05) is 0 Å². The summed E-state index contributed by atoms with van der Waals surface area (Å²) in [4.78, 5) is 12.0. The minimum absolute atomic E-state index is 0.0327. The lowest BCUT2D eigenvalue weighted by molar-refractivity contribution is -0.111. The van der Waals surface area contributed by atoms with Crippen molar-refractivity contribution < 1.29 is 18.7 Å². The molecule has 3 rings (SSSR count). The molecule has 29 heavy (non-hydrogen) atoms. The van der Waals surface area contributed by atoms with Crippen LogP contribution < -0.4 is 14.8 Å². The van der Waals surface area contributed by atoms with Crippen LogP contribution in [0.25, 0.3) is 6.08 Å². The van der Waals surface area contributed by atoms with E-state index in [9.17, 15) is 9.18 Å². The highest BCUT2D eigenvalue weighted by atomic mass is 35.5. The van der Waals surface area contributed by atoms with E-state index in [2.05, 4.69) is 5.32 Å². The maximum Gasteiger partial charge on any atom is 0.248 e. The lowest BCUT2D eigenvalue weighted by Crippen LogP contribution is -2.07. The van der Waals surface area contributed by atoms with Gasteiger partial charge < -0.3 is 14.8 Å². The first kappa shape index (κ1) is 20.4. The molecule has 0 aromatic heterocycles. The molecular weight excluding hydrogens is 393 g/mol. The van der Waals surface area contributed by atoms with E-state index in [-0.39, 0.29) is 12.5 Å². The Bertz CT molecular complexity index is 981. The Morgan fingerprint density at radius 1 is 1.03 bits per heavy atom. The smallest absolute Gasteiger partial charge is 0.248 e. The summed E-state index contributed by atoms with van der Waals surface area (Å²) < 4.78 is 24.4. The number of ether oxygens (including phenoxy) is 2. The molecule has 0 radical (unpaired) electrons. The minimum Gasteiger partial charge on any atom is -0.497 e. The van der Waals surface area contributed by atoms with Crippen molar-refractivity contribution in [3.05, 3.63) is 94.8 Å². The summed E-state index contributed by atoms with van der Waals surface area (Å²) in [6.07, 6.45) is 3.13. The molecule has 0 aliphatic carbocycles. The van der Waals surface area contributed by atoms with Crippen molar-refractivity contribution >= 4 is 29.3 Å². The quantitative estimate of drug-likeness (QED) is 0.506. The standard InChI is InChI=1S/C23H19ClFNO3/c1-28-18-12-8-17(9-13-18)26-23(27)14-7-16-5-10-19(11-6-16)29-15-20-21(24)3-2-4-22(20)25/h2-14H,15H2,1H3,(H,26,27)/b14-7+. The second kappa shape index (κ2) is 9.75. The van der Waals surface area contributed by atoms with Gasteiger partial charge >= 0.3 is 0 Å². The fraction of sp³-hybridized carbons (Fsp3) is 0.0870. The van der Waals surface area contributed by atoms with Crippen molar-refractivity contribution in [2.24, 2.45) is 0 Å². The first-order valence-corrected chi connectivity index (χ1v) is 9.22. The highest BCUT2D eigenvalue weighted by Gasteiger charge is 2.07. The number of nitrogens with one attached hydrogen (secondary N) is 1. The lowest BCUT2D eigenvalue weighted by Gasteiger charge is -2.09. The third kappa shape index (κ3) is 5.83. The largest absolute Gasteiger partial charge is 0.497 e. The van der Waals surface area contributed by atoms with Crippen molar-refractivity contribution in [3.63, 3.8) is 0 Å². The summed E-state index contributed by atoms with van der Waals surface area (Å²) >= 11 is 5.99. The lowest BCUT2D eigenvalue weighted by atomic mass is 10.2. The van der Waals surface area contributed by atoms with Crippen LogP contribution in [-0.4, -0.2) is 13.0 Å². The number of amides is 1. The molecule has 0 saturated carbocycles. The molecule has 0 bridgehead atoms. The van der Waals surface area contributed by atoms with Crippen LogP contribution in [0.2, 0.25) is 5.02 Å². The first-order chi connectivity index (χ1) is 14.0. The Hall–Kier alpha value is -3.31. The summed E-state index contributed by atoms with van der Waals surface area (Å²) in [5.74, 6) is 0.645. The second-order valence-electron chi connectivity index (χ2n) is 6.11. The maximum absolute atomic E-state index is 13.8. The minimum atomic E-state index is -0.403. The van der Waals surface area contributed by atoms with E-state index in [4.69, 9.17) is 21.1 Å². The van der Waals surface area contributed by atoms with Gasteiger partial charge in [0, 0.05) is 17.3 Å². The Balaban J connectivity index is 1.54. The van der Waals surface area contributed by atoms with Gasteiger partial charge in [-0.2, -0.15) is 0 Å². The van der Waals surface area contributed by atoms with Gasteiger partial charge in [-0.3, -0.25) is 4.79 Å². The SMILES string of the molecule is COc1ccc(NC(=O)/C=C/c2ccc(OCc3c(F)cccc3Cl)cc2)cc1. The number of carbonyl (C=O) groups is 1. The number of hydrogen-bond donors (Lipinski definition) is 1. The Morgan fingerprint density at radius 2 is 1.72 bits per heavy atom. The molecule has 1 N–H and O–H groups in total. The Kier molecular flexibility index (Phi) is 6.87. The zero-order chi connectivity index (χ0) is 20.6. The molecule has 1 amide bonds. The summed E-state index contributed by atoms with van der Waals surface area (Å²) in [5, 5.41) is 3.10. The molecule has 3 aromatic rings. The summed E-state index contributed by atoms with van der Waals surface area (Å²) in [6.45, 7) is 0.0327. The molecule has 0 atom stereocenters. The molecular formula is C23H19ClFNO3. The van der Waals surface area contributed by atoms with Crippen LogP contribution >= 0.6 is 11.6 Å². The third-order valence-electron chi connectivity index (χ3n) is 4.11. The summed E-state index contributed by atoms with van der Waals surface area (Å²) in [7, 11) is 1.59. The number of carbonyl (C=O) groups excluding carboxylic acids is 1. The molecule has 0 heterocycles. The molecule has 3 aromatic carbocycles. The van der Waals surface area contributed by atoms with Gasteiger partial charge in [0.2, 0.25) is 5.91 Å². The van der Waals surface area contributed by atoms with Gasteiger partial charge in [-0.1, -0.05) is 29.8 Å². The van der Waals surface area contributed by atoms with Crippen LogP contribution in [0.5, 0.6) is 11.5 Å². The zero-order valence-corrected chi connectivity index (χ0v) is 16.4. The summed E-state index contributed by atoms with van der Waals surface area (Å²) in [6, 6.07) is 18.7. The average molecular weight is 412 g/mol. The second-order valence-corrected chi connectivity index (χ2v) is 6.52. The predicted molar refractivity (Wildman–Crippen MR) is 113 cm³/mol. The molecule has 0 aliphatic rings. The predicted octanol–water partition coefficient (Wildman–Crippen LogP) is 5.72. The van der Waals surface area contributed by atoms with Crippen molar-refractivity contribution in [1.82, 2.24) is 0 Å². The third-order valence-corrected chi connectivity index (χ3v) is 4.46. The number of hydrogen-bond acceptors (Lipinski definition) is 3. The van der Waals surface area contributed by atoms with Gasteiger partial charge in [-0.05, 0) is 60.2 Å². The molecule has 0 unspecified atom stereocenters. The van der Waals surface area contributed by atoms with Crippen LogP contribution in [0, 0.1) is 5.82 Å². The Labute approximate surface area is 173 Å². The fourth-order valence-electron chi connectivity index (χ4n) is 2.53. The number of benzene rings is 3. The van der Waals surface area contributed by atoms with Gasteiger partial charge in [0.1, 0.15) is 23.9 Å². The molecule has 148 valence electrons. The van der Waals surface area contributed by atoms with E-state index >= 15 is 0 Å². The van der Waals surface area contributed by atoms with E-state index in [0.29, 0.717) is 22.0 Å². The number of halogens is 2. The van der Waals surface area contributed by atoms with Gasteiger partial charge in [0.15, 0.2) is 0 Å². The molecule has 6 heteroatoms. The van der Waals surface area contributed by atoms with Crippen LogP contribution in [0.1, 0.15) is 11.1 Å². The Morgan fingerprint density at radius 3 is 2.38 bits per heavy atom. The average Bonchev–Trinajstić information content (AvgIpc) is 2.73. The van der Waals surface area contributed by atoms with Crippen molar-refractivity contribution in [2.45, 2.75) is 6.61 Å². The van der Waals surface area contributed by atoms with E-state index < -0.39 is 5.82 Å². The number of rotatable bonds is 7. The van der Waals surface area contributed by atoms with Crippen molar-refractivity contribution in [1.29, 1.82) is 0 Å². The van der Waals surface area contributed by atoms with Crippen LogP contribution in [-0.2, 0) is 11.4 Å². The highest BCUT2D eigenvalue weighted by Crippen LogP contribution is 2.22.